The number of halogens is 1. The summed E-state index contributed by atoms with van der Waals surface area (Å²) >= 11 is 0. The minimum Gasteiger partial charge on any atom is -0.170 e. The lowest BCUT2D eigenvalue weighted by molar-refractivity contribution is 0.554. The summed E-state index contributed by atoms with van der Waals surface area (Å²) in [7, 11) is -4.79. The highest BCUT2D eigenvalue weighted by atomic mass is 32.3. The molecule has 0 atom stereocenters. The molecule has 5 heteroatoms. The lowest BCUT2D eigenvalue weighted by Gasteiger charge is -2.18. The average Bonchev–Trinajstić information content (AvgIpc) is 2.13. The zero-order chi connectivity index (χ0) is 12.4. The summed E-state index contributed by atoms with van der Waals surface area (Å²) in [4.78, 5) is 0. The van der Waals surface area contributed by atoms with Crippen LogP contribution in [-0.2, 0) is 15.8 Å². The van der Waals surface area contributed by atoms with E-state index in [-0.39, 0.29) is 5.41 Å². The summed E-state index contributed by atoms with van der Waals surface area (Å²) in [5.74, 6) is 0. The Balaban J connectivity index is 2.93. The molecule has 0 bridgehead atoms. The normalized spacial score (nSPS) is 13.2. The maximum absolute atomic E-state index is 12.1. The molecule has 0 amide bonds. The van der Waals surface area contributed by atoms with Gasteiger partial charge in [-0.1, -0.05) is 48.9 Å². The van der Waals surface area contributed by atoms with Crippen LogP contribution in [0, 0.1) is 0 Å². The predicted molar refractivity (Wildman–Crippen MR) is 62.8 cm³/mol. The van der Waals surface area contributed by atoms with Gasteiger partial charge in [0, 0.05) is 0 Å². The number of hydrogen-bond donors (Lipinski definition) is 0. The predicted octanol–water partition coefficient (Wildman–Crippen LogP) is 2.62. The molecule has 0 spiro atoms. The Kier molecular flexibility index (Phi) is 3.48. The fourth-order valence-electron chi connectivity index (χ4n) is 1.19. The highest BCUT2D eigenvalue weighted by Crippen LogP contribution is 2.21. The second-order valence-corrected chi connectivity index (χ2v) is 5.55. The maximum Gasteiger partial charge on any atom is 0.417 e. The van der Waals surface area contributed by atoms with Gasteiger partial charge in [0.05, 0.1) is 6.21 Å². The van der Waals surface area contributed by atoms with E-state index < -0.39 is 10.4 Å². The summed E-state index contributed by atoms with van der Waals surface area (Å²) in [6, 6.07) is 7.14. The topological polar surface area (TPSA) is 46.5 Å². The van der Waals surface area contributed by atoms with Crippen LogP contribution in [0.3, 0.4) is 0 Å². The van der Waals surface area contributed by atoms with Gasteiger partial charge in [0.15, 0.2) is 0 Å². The largest absolute Gasteiger partial charge is 0.417 e. The summed E-state index contributed by atoms with van der Waals surface area (Å²) in [6.07, 6.45) is 0.988. The Bertz CT molecular complexity index is 484. The molecular weight excluding hydrogens is 229 g/mol. The van der Waals surface area contributed by atoms with Crippen molar-refractivity contribution < 1.29 is 12.3 Å². The molecule has 16 heavy (non-hydrogen) atoms. The third kappa shape index (κ3) is 4.10. The molecule has 0 aliphatic heterocycles. The van der Waals surface area contributed by atoms with Crippen molar-refractivity contribution in [1.29, 1.82) is 0 Å². The van der Waals surface area contributed by atoms with E-state index in [1.807, 2.05) is 12.1 Å². The molecule has 0 radical (unpaired) electrons. The van der Waals surface area contributed by atoms with Gasteiger partial charge in [0.1, 0.15) is 0 Å². The second kappa shape index (κ2) is 4.33. The molecule has 0 aliphatic carbocycles. The third-order valence-corrected chi connectivity index (χ3v) is 2.46. The molecule has 1 aromatic rings. The van der Waals surface area contributed by atoms with Crippen LogP contribution in [-0.4, -0.2) is 14.6 Å². The van der Waals surface area contributed by atoms with Crippen LogP contribution < -0.4 is 0 Å². The van der Waals surface area contributed by atoms with Crippen molar-refractivity contribution in [2.24, 2.45) is 4.40 Å². The summed E-state index contributed by atoms with van der Waals surface area (Å²) in [5.41, 5.74) is 1.70. The molecule has 0 heterocycles. The Morgan fingerprint density at radius 2 is 1.69 bits per heavy atom. The Hall–Kier alpha value is -1.23. The third-order valence-electron chi connectivity index (χ3n) is 2.10. The molecule has 0 unspecified atom stereocenters. The fourth-order valence-corrected chi connectivity index (χ4v) is 1.44. The smallest absolute Gasteiger partial charge is 0.170 e. The standard InChI is InChI=1S/C11H14FNO2S/c1-11(2,3)10-6-4-9(5-7-10)8-13-16(12,14)15/h4-8H,1-3H3. The van der Waals surface area contributed by atoms with Gasteiger partial charge in [0.25, 0.3) is 0 Å². The number of rotatable bonds is 2. The van der Waals surface area contributed by atoms with E-state index in [0.29, 0.717) is 5.56 Å². The van der Waals surface area contributed by atoms with Gasteiger partial charge >= 0.3 is 10.4 Å². The first-order valence-electron chi connectivity index (χ1n) is 4.79. The average molecular weight is 243 g/mol. The van der Waals surface area contributed by atoms with E-state index in [4.69, 9.17) is 0 Å². The quantitative estimate of drug-likeness (QED) is 0.592. The van der Waals surface area contributed by atoms with Crippen LogP contribution in [0.15, 0.2) is 28.7 Å². The van der Waals surface area contributed by atoms with Gasteiger partial charge < -0.3 is 0 Å². The molecule has 3 nitrogen and oxygen atoms in total. The first-order chi connectivity index (χ1) is 7.18. The van der Waals surface area contributed by atoms with E-state index in [1.165, 1.54) is 0 Å². The van der Waals surface area contributed by atoms with Gasteiger partial charge in [-0.05, 0) is 16.5 Å². The Morgan fingerprint density at radius 3 is 2.06 bits per heavy atom. The number of nitrogens with zero attached hydrogens (tertiary/aromatic N) is 1. The van der Waals surface area contributed by atoms with E-state index in [9.17, 15) is 12.3 Å². The van der Waals surface area contributed by atoms with Crippen molar-refractivity contribution in [3.8, 4) is 0 Å². The SMILES string of the molecule is CC(C)(C)c1ccc(C=NS(=O)(=O)F)cc1. The highest BCUT2D eigenvalue weighted by molar-refractivity contribution is 7.85. The molecule has 0 N–H and O–H groups in total. The van der Waals surface area contributed by atoms with Crippen molar-refractivity contribution >= 4 is 16.6 Å². The lowest BCUT2D eigenvalue weighted by atomic mass is 9.87. The summed E-state index contributed by atoms with van der Waals surface area (Å²) < 4.78 is 35.2. The van der Waals surface area contributed by atoms with E-state index in [2.05, 4.69) is 25.2 Å². The van der Waals surface area contributed by atoms with Crippen LogP contribution in [0.25, 0.3) is 0 Å². The molecule has 1 aromatic carbocycles. The molecule has 0 aromatic heterocycles. The van der Waals surface area contributed by atoms with Gasteiger partial charge in [-0.2, -0.15) is 8.42 Å². The molecule has 0 fully saturated rings. The molecule has 0 saturated carbocycles. The Morgan fingerprint density at radius 1 is 1.19 bits per heavy atom. The fraction of sp³-hybridized carbons (Fsp3) is 0.364. The van der Waals surface area contributed by atoms with Crippen LogP contribution in [0.5, 0.6) is 0 Å². The number of hydrogen-bond acceptors (Lipinski definition) is 2. The first-order valence-corrected chi connectivity index (χ1v) is 6.13. The van der Waals surface area contributed by atoms with Gasteiger partial charge in [-0.25, -0.2) is 0 Å². The minimum absolute atomic E-state index is 0.0296. The number of benzene rings is 1. The summed E-state index contributed by atoms with van der Waals surface area (Å²) in [5, 5.41) is 0. The van der Waals surface area contributed by atoms with Crippen LogP contribution in [0.4, 0.5) is 3.89 Å². The monoisotopic (exact) mass is 243 g/mol. The first kappa shape index (κ1) is 12.8. The minimum atomic E-state index is -4.79. The van der Waals surface area contributed by atoms with E-state index in [1.54, 1.807) is 12.1 Å². The Labute approximate surface area is 95.4 Å². The van der Waals surface area contributed by atoms with Crippen LogP contribution >= 0.6 is 0 Å². The maximum atomic E-state index is 12.1. The highest BCUT2D eigenvalue weighted by Gasteiger charge is 2.12. The molecule has 1 rings (SSSR count). The van der Waals surface area contributed by atoms with Crippen molar-refractivity contribution in [1.82, 2.24) is 0 Å². The lowest BCUT2D eigenvalue weighted by Crippen LogP contribution is -2.10. The van der Waals surface area contributed by atoms with Gasteiger partial charge in [-0.15, -0.1) is 4.40 Å². The van der Waals surface area contributed by atoms with Crippen molar-refractivity contribution in [3.63, 3.8) is 0 Å². The molecule has 0 saturated heterocycles. The second-order valence-electron chi connectivity index (χ2n) is 4.52. The van der Waals surface area contributed by atoms with Crippen molar-refractivity contribution in [2.75, 3.05) is 0 Å². The van der Waals surface area contributed by atoms with Crippen LogP contribution in [0.2, 0.25) is 0 Å². The van der Waals surface area contributed by atoms with Gasteiger partial charge in [-0.3, -0.25) is 0 Å². The molecule has 0 aliphatic rings. The van der Waals surface area contributed by atoms with Gasteiger partial charge in [0.2, 0.25) is 0 Å². The zero-order valence-electron chi connectivity index (χ0n) is 9.44. The van der Waals surface area contributed by atoms with E-state index >= 15 is 0 Å². The van der Waals surface area contributed by atoms with E-state index in [0.717, 1.165) is 11.8 Å². The van der Waals surface area contributed by atoms with Crippen molar-refractivity contribution in [3.05, 3.63) is 35.4 Å². The molecular formula is C11H14FNO2S. The molecule has 88 valence electrons. The zero-order valence-corrected chi connectivity index (χ0v) is 10.3. The van der Waals surface area contributed by atoms with Crippen LogP contribution in [0.1, 0.15) is 31.9 Å². The summed E-state index contributed by atoms with van der Waals surface area (Å²) in [6.45, 7) is 6.21. The van der Waals surface area contributed by atoms with Crippen molar-refractivity contribution in [2.45, 2.75) is 26.2 Å².